The summed E-state index contributed by atoms with van der Waals surface area (Å²) in [5, 5.41) is 5.43. The second-order valence-corrected chi connectivity index (χ2v) is 7.60. The highest BCUT2D eigenvalue weighted by Crippen LogP contribution is 2.25. The van der Waals surface area contributed by atoms with Gasteiger partial charge in [-0.05, 0) is 37.1 Å². The van der Waals surface area contributed by atoms with Crippen molar-refractivity contribution in [3.8, 4) is 11.4 Å². The highest BCUT2D eigenvalue weighted by atomic mass is 35.5. The molecule has 0 amide bonds. The number of para-hydroxylation sites is 1. The van der Waals surface area contributed by atoms with E-state index in [-0.39, 0.29) is 18.5 Å². The Bertz CT molecular complexity index is 1080. The molecule has 142 valence electrons. The number of hydrogen-bond acceptors (Lipinski definition) is 7. The standard InChI is InChI=1S/C20H16ClN3O3S/c21-14-7-2-1-6-13(14)20-23-17(27-24-20)12-26-19(25)11-5-10-18-22-15-8-3-4-9-16(15)28-18/h1-4,6-9H,5,10-12H2. The first-order chi connectivity index (χ1) is 13.7. The molecule has 2 aromatic heterocycles. The quantitative estimate of drug-likeness (QED) is 0.394. The summed E-state index contributed by atoms with van der Waals surface area (Å²) in [6.45, 7) is -0.0581. The van der Waals surface area contributed by atoms with Crippen LogP contribution in [0, 0.1) is 0 Å². The Balaban J connectivity index is 1.25. The number of fused-ring (bicyclic) bond motifs is 1. The summed E-state index contributed by atoms with van der Waals surface area (Å²) in [4.78, 5) is 20.7. The van der Waals surface area contributed by atoms with Gasteiger partial charge in [0.2, 0.25) is 5.82 Å². The van der Waals surface area contributed by atoms with Crippen LogP contribution in [0.1, 0.15) is 23.7 Å². The summed E-state index contributed by atoms with van der Waals surface area (Å²) in [6.07, 6.45) is 1.72. The van der Waals surface area contributed by atoms with E-state index in [0.717, 1.165) is 21.6 Å². The zero-order chi connectivity index (χ0) is 19.3. The molecule has 0 N–H and O–H groups in total. The Kier molecular flexibility index (Phi) is 5.64. The Morgan fingerprint density at radius 2 is 1.93 bits per heavy atom. The van der Waals surface area contributed by atoms with Gasteiger partial charge < -0.3 is 9.26 Å². The number of hydrogen-bond donors (Lipinski definition) is 0. The summed E-state index contributed by atoms with van der Waals surface area (Å²) < 4.78 is 11.5. The molecule has 0 unspecified atom stereocenters. The van der Waals surface area contributed by atoms with Crippen LogP contribution in [0.15, 0.2) is 53.1 Å². The number of carbonyl (C=O) groups is 1. The van der Waals surface area contributed by atoms with E-state index in [0.29, 0.717) is 29.3 Å². The van der Waals surface area contributed by atoms with Crippen molar-refractivity contribution in [1.82, 2.24) is 15.1 Å². The number of benzene rings is 2. The molecule has 0 aliphatic carbocycles. The van der Waals surface area contributed by atoms with E-state index in [9.17, 15) is 4.79 Å². The number of rotatable bonds is 7. The molecule has 0 aliphatic heterocycles. The zero-order valence-corrected chi connectivity index (χ0v) is 16.4. The Morgan fingerprint density at radius 3 is 2.79 bits per heavy atom. The maximum atomic E-state index is 12.0. The van der Waals surface area contributed by atoms with Gasteiger partial charge in [0.25, 0.3) is 5.89 Å². The van der Waals surface area contributed by atoms with Crippen molar-refractivity contribution >= 4 is 39.1 Å². The molecule has 8 heteroatoms. The van der Waals surface area contributed by atoms with Crippen LogP contribution in [0.3, 0.4) is 0 Å². The molecule has 0 fully saturated rings. The number of thiazole rings is 1. The van der Waals surface area contributed by atoms with Gasteiger partial charge in [-0.1, -0.05) is 41.0 Å². The van der Waals surface area contributed by atoms with Gasteiger partial charge in [0, 0.05) is 12.0 Å². The molecule has 4 aromatic rings. The average molecular weight is 414 g/mol. The van der Waals surface area contributed by atoms with E-state index in [1.807, 2.05) is 36.4 Å². The minimum Gasteiger partial charge on any atom is -0.456 e. The lowest BCUT2D eigenvalue weighted by Crippen LogP contribution is -2.05. The number of ether oxygens (including phenoxy) is 1. The highest BCUT2D eigenvalue weighted by molar-refractivity contribution is 7.18. The van der Waals surface area contributed by atoms with Gasteiger partial charge in [-0.25, -0.2) is 4.98 Å². The van der Waals surface area contributed by atoms with Crippen molar-refractivity contribution in [2.45, 2.75) is 25.9 Å². The molecule has 0 aliphatic rings. The second-order valence-electron chi connectivity index (χ2n) is 6.08. The molecule has 6 nitrogen and oxygen atoms in total. The zero-order valence-electron chi connectivity index (χ0n) is 14.8. The van der Waals surface area contributed by atoms with Crippen LogP contribution in [0.2, 0.25) is 5.02 Å². The highest BCUT2D eigenvalue weighted by Gasteiger charge is 2.13. The van der Waals surface area contributed by atoms with Crippen LogP contribution in [-0.4, -0.2) is 21.1 Å². The molecule has 0 spiro atoms. The maximum Gasteiger partial charge on any atom is 0.306 e. The van der Waals surface area contributed by atoms with Crippen molar-refractivity contribution in [3.05, 3.63) is 64.5 Å². The van der Waals surface area contributed by atoms with Crippen molar-refractivity contribution in [1.29, 1.82) is 0 Å². The van der Waals surface area contributed by atoms with Gasteiger partial charge >= 0.3 is 5.97 Å². The number of esters is 1. The summed E-state index contributed by atoms with van der Waals surface area (Å²) >= 11 is 7.77. The predicted molar refractivity (Wildman–Crippen MR) is 107 cm³/mol. The van der Waals surface area contributed by atoms with Crippen molar-refractivity contribution in [2.24, 2.45) is 0 Å². The van der Waals surface area contributed by atoms with E-state index in [1.54, 1.807) is 23.5 Å². The molecular formula is C20H16ClN3O3S. The molecule has 2 heterocycles. The molecule has 2 aromatic carbocycles. The first-order valence-electron chi connectivity index (χ1n) is 8.76. The minimum absolute atomic E-state index is 0.0581. The first kappa shape index (κ1) is 18.6. The smallest absolute Gasteiger partial charge is 0.306 e. The molecule has 0 bridgehead atoms. The largest absolute Gasteiger partial charge is 0.456 e. The maximum absolute atomic E-state index is 12.0. The molecular weight excluding hydrogens is 398 g/mol. The fourth-order valence-corrected chi connectivity index (χ4v) is 3.92. The lowest BCUT2D eigenvalue weighted by atomic mass is 10.2. The Hall–Kier alpha value is -2.77. The van der Waals surface area contributed by atoms with E-state index in [2.05, 4.69) is 15.1 Å². The Morgan fingerprint density at radius 1 is 1.11 bits per heavy atom. The van der Waals surface area contributed by atoms with Crippen LogP contribution < -0.4 is 0 Å². The molecule has 0 atom stereocenters. The number of carbonyl (C=O) groups excluding carboxylic acids is 1. The number of nitrogens with zero attached hydrogens (tertiary/aromatic N) is 3. The van der Waals surface area contributed by atoms with Gasteiger partial charge in [-0.3, -0.25) is 4.79 Å². The van der Waals surface area contributed by atoms with Crippen LogP contribution in [0.25, 0.3) is 21.6 Å². The summed E-state index contributed by atoms with van der Waals surface area (Å²) in [5.74, 6) is 0.292. The third kappa shape index (κ3) is 4.37. The average Bonchev–Trinajstić information content (AvgIpc) is 3.33. The molecule has 0 saturated heterocycles. The van der Waals surface area contributed by atoms with E-state index >= 15 is 0 Å². The van der Waals surface area contributed by atoms with Crippen molar-refractivity contribution < 1.29 is 14.1 Å². The number of aromatic nitrogens is 3. The van der Waals surface area contributed by atoms with Gasteiger partial charge in [-0.15, -0.1) is 11.3 Å². The first-order valence-corrected chi connectivity index (χ1v) is 9.96. The van der Waals surface area contributed by atoms with Gasteiger partial charge in [-0.2, -0.15) is 4.98 Å². The van der Waals surface area contributed by atoms with Crippen LogP contribution in [0.4, 0.5) is 0 Å². The normalized spacial score (nSPS) is 11.0. The van der Waals surface area contributed by atoms with Crippen LogP contribution >= 0.6 is 22.9 Å². The minimum atomic E-state index is -0.307. The molecule has 4 rings (SSSR count). The predicted octanol–water partition coefficient (Wildman–Crippen LogP) is 5.07. The van der Waals surface area contributed by atoms with Gasteiger partial charge in [0.05, 0.1) is 20.2 Å². The van der Waals surface area contributed by atoms with Crippen molar-refractivity contribution in [3.63, 3.8) is 0 Å². The summed E-state index contributed by atoms with van der Waals surface area (Å²) in [5.41, 5.74) is 1.66. The summed E-state index contributed by atoms with van der Waals surface area (Å²) in [6, 6.07) is 15.2. The van der Waals surface area contributed by atoms with Gasteiger partial charge in [0.15, 0.2) is 6.61 Å². The topological polar surface area (TPSA) is 78.1 Å². The SMILES string of the molecule is O=C(CCCc1nc2ccccc2s1)OCc1nc(-c2ccccc2Cl)no1. The number of aryl methyl sites for hydroxylation is 1. The second kappa shape index (κ2) is 8.50. The molecule has 0 radical (unpaired) electrons. The van der Waals surface area contributed by atoms with E-state index in [4.69, 9.17) is 20.9 Å². The summed E-state index contributed by atoms with van der Waals surface area (Å²) in [7, 11) is 0. The van der Waals surface area contributed by atoms with Gasteiger partial charge in [0.1, 0.15) is 0 Å². The lowest BCUT2D eigenvalue weighted by Gasteiger charge is -2.01. The van der Waals surface area contributed by atoms with E-state index in [1.165, 1.54) is 0 Å². The fourth-order valence-electron chi connectivity index (χ4n) is 2.69. The fraction of sp³-hybridized carbons (Fsp3) is 0.200. The van der Waals surface area contributed by atoms with Crippen molar-refractivity contribution in [2.75, 3.05) is 0 Å². The van der Waals surface area contributed by atoms with Crippen LogP contribution in [0.5, 0.6) is 0 Å². The number of halogens is 1. The lowest BCUT2D eigenvalue weighted by molar-refractivity contribution is -0.145. The van der Waals surface area contributed by atoms with Crippen LogP contribution in [-0.2, 0) is 22.6 Å². The monoisotopic (exact) mass is 413 g/mol. The Labute approximate surface area is 170 Å². The molecule has 28 heavy (non-hydrogen) atoms. The van der Waals surface area contributed by atoms with E-state index < -0.39 is 0 Å². The molecule has 0 saturated carbocycles. The third-order valence-electron chi connectivity index (χ3n) is 4.05. The third-order valence-corrected chi connectivity index (χ3v) is 5.47.